The summed E-state index contributed by atoms with van der Waals surface area (Å²) in [5, 5.41) is 5.58. The molecule has 0 N–H and O–H groups in total. The molecule has 0 aliphatic carbocycles. The summed E-state index contributed by atoms with van der Waals surface area (Å²) in [5.41, 5.74) is 4.28. The maximum absolute atomic E-state index is 13.5. The Morgan fingerprint density at radius 3 is 2.69 bits per heavy atom. The van der Waals surface area contributed by atoms with Crippen molar-refractivity contribution in [3.05, 3.63) is 70.8 Å². The van der Waals surface area contributed by atoms with E-state index < -0.39 is 24.2 Å². The molecule has 0 saturated heterocycles. The number of Topliss-reactive ketones (excluding diaryl/α,β-unsaturated/α-hetero) is 1. The molecule has 0 unspecified atom stereocenters. The highest BCUT2D eigenvalue weighted by Gasteiger charge is 2.18. The first kappa shape index (κ1) is 21.4. The third-order valence-electron chi connectivity index (χ3n) is 5.42. The van der Waals surface area contributed by atoms with Crippen LogP contribution in [-0.4, -0.2) is 40.1 Å². The van der Waals surface area contributed by atoms with Crippen LogP contribution < -0.4 is 4.74 Å². The summed E-state index contributed by atoms with van der Waals surface area (Å²) in [4.78, 5) is 29.3. The summed E-state index contributed by atoms with van der Waals surface area (Å²) in [7, 11) is 1.38. The number of hydrogen-bond acceptors (Lipinski definition) is 6. The summed E-state index contributed by atoms with van der Waals surface area (Å²) in [6, 6.07) is 11.4. The number of aryl methyl sites for hydroxylation is 2. The van der Waals surface area contributed by atoms with Crippen LogP contribution in [0.25, 0.3) is 16.6 Å². The number of methoxy groups -OCH3 is 1. The number of hydrogen-bond donors (Lipinski definition) is 0. The smallest absolute Gasteiger partial charge is 0.306 e. The second-order valence-electron chi connectivity index (χ2n) is 7.44. The lowest BCUT2D eigenvalue weighted by molar-refractivity contribution is -0.142. The van der Waals surface area contributed by atoms with E-state index in [0.29, 0.717) is 6.42 Å². The van der Waals surface area contributed by atoms with Gasteiger partial charge in [-0.2, -0.15) is 5.10 Å². The SMILES string of the molecule is COc1ccc(F)cc1C(=O)COC(=O)CCc1c(C)nc2c3ccccc3nn2c1C. The molecule has 4 rings (SSSR count). The average Bonchev–Trinajstić information content (AvgIpc) is 3.16. The highest BCUT2D eigenvalue weighted by molar-refractivity contribution is 6.00. The van der Waals surface area contributed by atoms with Crippen LogP contribution in [0.3, 0.4) is 0 Å². The number of fused-ring (bicyclic) bond motifs is 3. The predicted molar refractivity (Wildman–Crippen MR) is 117 cm³/mol. The number of benzene rings is 2. The van der Waals surface area contributed by atoms with E-state index in [4.69, 9.17) is 9.47 Å². The van der Waals surface area contributed by atoms with Gasteiger partial charge in [0.15, 0.2) is 12.3 Å². The number of carbonyl (C=O) groups excluding carboxylic acids is 2. The molecule has 2 heterocycles. The Morgan fingerprint density at radius 1 is 1.12 bits per heavy atom. The normalized spacial score (nSPS) is 11.1. The molecule has 0 spiro atoms. The topological polar surface area (TPSA) is 82.8 Å². The quantitative estimate of drug-likeness (QED) is 0.322. The molecule has 8 heteroatoms. The van der Waals surface area contributed by atoms with Crippen LogP contribution >= 0.6 is 0 Å². The molecule has 0 bridgehead atoms. The van der Waals surface area contributed by atoms with Crippen molar-refractivity contribution in [3.63, 3.8) is 0 Å². The summed E-state index contributed by atoms with van der Waals surface area (Å²) >= 11 is 0. The number of aromatic nitrogens is 3. The fraction of sp³-hybridized carbons (Fsp3) is 0.250. The van der Waals surface area contributed by atoms with E-state index in [1.807, 2.05) is 38.1 Å². The largest absolute Gasteiger partial charge is 0.496 e. The lowest BCUT2D eigenvalue weighted by atomic mass is 10.1. The Hall–Kier alpha value is -3.81. The monoisotopic (exact) mass is 435 g/mol. The summed E-state index contributed by atoms with van der Waals surface area (Å²) in [6.07, 6.45) is 0.469. The number of nitrogens with zero attached hydrogens (tertiary/aromatic N) is 3. The van der Waals surface area contributed by atoms with Gasteiger partial charge in [0.1, 0.15) is 11.6 Å². The molecule has 0 aliphatic heterocycles. The Kier molecular flexibility index (Phi) is 5.85. The van der Waals surface area contributed by atoms with Gasteiger partial charge >= 0.3 is 5.97 Å². The molecule has 0 atom stereocenters. The van der Waals surface area contributed by atoms with Crippen LogP contribution in [-0.2, 0) is 16.0 Å². The van der Waals surface area contributed by atoms with Gasteiger partial charge < -0.3 is 9.47 Å². The first-order chi connectivity index (χ1) is 15.4. The second-order valence-corrected chi connectivity index (χ2v) is 7.44. The van der Waals surface area contributed by atoms with Crippen LogP contribution in [0.4, 0.5) is 4.39 Å². The zero-order valence-electron chi connectivity index (χ0n) is 18.0. The van der Waals surface area contributed by atoms with Crippen molar-refractivity contribution in [1.29, 1.82) is 0 Å². The Morgan fingerprint density at radius 2 is 1.91 bits per heavy atom. The molecule has 2 aromatic carbocycles. The number of ether oxygens (including phenoxy) is 2. The van der Waals surface area contributed by atoms with Gasteiger partial charge in [-0.05, 0) is 56.2 Å². The van der Waals surface area contributed by atoms with E-state index >= 15 is 0 Å². The first-order valence-corrected chi connectivity index (χ1v) is 10.1. The lowest BCUT2D eigenvalue weighted by Gasteiger charge is -2.11. The number of ketones is 1. The molecule has 0 amide bonds. The summed E-state index contributed by atoms with van der Waals surface area (Å²) in [6.45, 7) is 3.35. The van der Waals surface area contributed by atoms with Crippen LogP contribution in [0.1, 0.15) is 33.7 Å². The zero-order chi connectivity index (χ0) is 22.8. The van der Waals surface area contributed by atoms with Crippen molar-refractivity contribution >= 4 is 28.3 Å². The van der Waals surface area contributed by atoms with Gasteiger partial charge in [-0.3, -0.25) is 9.59 Å². The van der Waals surface area contributed by atoms with Crippen molar-refractivity contribution < 1.29 is 23.5 Å². The van der Waals surface area contributed by atoms with Gasteiger partial charge in [-0.25, -0.2) is 13.9 Å². The molecular weight excluding hydrogens is 413 g/mol. The van der Waals surface area contributed by atoms with Gasteiger partial charge in [0.2, 0.25) is 5.78 Å². The Labute approximate surface area is 183 Å². The first-order valence-electron chi connectivity index (χ1n) is 10.1. The van der Waals surface area contributed by atoms with Crippen LogP contribution in [0.5, 0.6) is 5.75 Å². The standard InChI is InChI=1S/C24H22FN3O4/c1-14-17(15(2)28-24(26-14)18-6-4-5-7-20(18)27-28)9-11-23(30)32-13-21(29)19-12-16(25)8-10-22(19)31-3/h4-8,10,12H,9,11,13H2,1-3H3. The van der Waals surface area contributed by atoms with Gasteiger partial charge in [0.05, 0.1) is 18.2 Å². The van der Waals surface area contributed by atoms with E-state index in [-0.39, 0.29) is 17.7 Å². The van der Waals surface area contributed by atoms with E-state index in [1.165, 1.54) is 19.2 Å². The van der Waals surface area contributed by atoms with Crippen LogP contribution in [0, 0.1) is 19.7 Å². The third kappa shape index (κ3) is 4.03. The highest BCUT2D eigenvalue weighted by atomic mass is 19.1. The summed E-state index contributed by atoms with van der Waals surface area (Å²) in [5.74, 6) is -1.41. The Balaban J connectivity index is 1.44. The van der Waals surface area contributed by atoms with Crippen LogP contribution in [0.15, 0.2) is 42.5 Å². The van der Waals surface area contributed by atoms with Gasteiger partial charge in [-0.15, -0.1) is 0 Å². The number of esters is 1. The highest BCUT2D eigenvalue weighted by Crippen LogP contribution is 2.23. The molecule has 2 aromatic heterocycles. The van der Waals surface area contributed by atoms with Crippen molar-refractivity contribution in [2.24, 2.45) is 0 Å². The van der Waals surface area contributed by atoms with Crippen molar-refractivity contribution in [2.75, 3.05) is 13.7 Å². The zero-order valence-corrected chi connectivity index (χ0v) is 18.0. The van der Waals surface area contributed by atoms with Crippen molar-refractivity contribution in [3.8, 4) is 5.75 Å². The van der Waals surface area contributed by atoms with E-state index in [2.05, 4.69) is 10.1 Å². The molecule has 0 radical (unpaired) electrons. The van der Waals surface area contributed by atoms with Crippen LogP contribution in [0.2, 0.25) is 0 Å². The van der Waals surface area contributed by atoms with E-state index in [0.717, 1.165) is 39.6 Å². The minimum atomic E-state index is -0.569. The number of carbonyl (C=O) groups is 2. The molecule has 0 saturated carbocycles. The fourth-order valence-corrected chi connectivity index (χ4v) is 3.76. The van der Waals surface area contributed by atoms with Crippen molar-refractivity contribution in [2.45, 2.75) is 26.7 Å². The molecule has 4 aromatic rings. The minimum absolute atomic E-state index is 0.0346. The van der Waals surface area contributed by atoms with Gasteiger partial charge in [0.25, 0.3) is 0 Å². The Bertz CT molecular complexity index is 1350. The fourth-order valence-electron chi connectivity index (χ4n) is 3.76. The summed E-state index contributed by atoms with van der Waals surface area (Å²) < 4.78 is 25.5. The van der Waals surface area contributed by atoms with E-state index in [9.17, 15) is 14.0 Å². The molecule has 0 aliphatic rings. The van der Waals surface area contributed by atoms with Gasteiger partial charge in [-0.1, -0.05) is 12.1 Å². The minimum Gasteiger partial charge on any atom is -0.496 e. The van der Waals surface area contributed by atoms with Crippen molar-refractivity contribution in [1.82, 2.24) is 14.6 Å². The lowest BCUT2D eigenvalue weighted by Crippen LogP contribution is -2.16. The second kappa shape index (κ2) is 8.74. The van der Waals surface area contributed by atoms with E-state index in [1.54, 1.807) is 4.52 Å². The predicted octanol–water partition coefficient (Wildman–Crippen LogP) is 4.01. The maximum Gasteiger partial charge on any atom is 0.306 e. The molecular formula is C24H22FN3O4. The number of rotatable bonds is 7. The number of halogens is 1. The molecule has 0 fully saturated rings. The molecule has 164 valence electrons. The molecule has 32 heavy (non-hydrogen) atoms. The average molecular weight is 435 g/mol. The van der Waals surface area contributed by atoms with Gasteiger partial charge in [0, 0.05) is 23.2 Å². The maximum atomic E-state index is 13.5. The molecule has 7 nitrogen and oxygen atoms in total. The third-order valence-corrected chi connectivity index (χ3v) is 5.42.